The van der Waals surface area contributed by atoms with Gasteiger partial charge in [0.05, 0.1) is 19.8 Å². The molecule has 8 heteroatoms. The van der Waals surface area contributed by atoms with Gasteiger partial charge in [-0.25, -0.2) is 4.57 Å². The van der Waals surface area contributed by atoms with Gasteiger partial charge in [0.1, 0.15) is 18.3 Å². The van der Waals surface area contributed by atoms with E-state index in [2.05, 4.69) is 0 Å². The van der Waals surface area contributed by atoms with Gasteiger partial charge in [0, 0.05) is 0 Å². The van der Waals surface area contributed by atoms with Gasteiger partial charge in [-0.3, -0.25) is 13.6 Å². The lowest BCUT2D eigenvalue weighted by Gasteiger charge is -2.23. The standard InChI is InChI=1S/C20H23O7P/c1-2-18(21)20(23)19(22)15-27-28(24,25-13-16-9-5-3-6-10-16)26-14-17-11-7-4-8-12-17/h1,3-12,18-23H,13-15H2/t18-,19-,20+/m1/s1. The summed E-state index contributed by atoms with van der Waals surface area (Å²) < 4.78 is 28.9. The molecular formula is C20H23O7P. The summed E-state index contributed by atoms with van der Waals surface area (Å²) in [6.07, 6.45) is 0.163. The summed E-state index contributed by atoms with van der Waals surface area (Å²) >= 11 is 0. The number of aliphatic hydroxyl groups excluding tert-OH is 3. The van der Waals surface area contributed by atoms with Crippen molar-refractivity contribution in [3.05, 3.63) is 71.8 Å². The van der Waals surface area contributed by atoms with E-state index in [1.165, 1.54) is 0 Å². The lowest BCUT2D eigenvalue weighted by molar-refractivity contribution is -0.0602. The molecule has 0 heterocycles. The summed E-state index contributed by atoms with van der Waals surface area (Å²) in [7, 11) is -4.09. The quantitative estimate of drug-likeness (QED) is 0.388. The van der Waals surface area contributed by atoms with Gasteiger partial charge in [-0.05, 0) is 11.1 Å². The first-order chi connectivity index (χ1) is 13.4. The molecule has 0 amide bonds. The summed E-state index contributed by atoms with van der Waals surface area (Å²) in [5.74, 6) is 1.89. The molecule has 28 heavy (non-hydrogen) atoms. The van der Waals surface area contributed by atoms with Crippen LogP contribution in [0.25, 0.3) is 0 Å². The summed E-state index contributed by atoms with van der Waals surface area (Å²) in [5, 5.41) is 29.0. The van der Waals surface area contributed by atoms with Crippen LogP contribution in [0.1, 0.15) is 11.1 Å². The maximum Gasteiger partial charge on any atom is 0.475 e. The van der Waals surface area contributed by atoms with Crippen molar-refractivity contribution in [2.45, 2.75) is 31.5 Å². The van der Waals surface area contributed by atoms with Crippen LogP contribution in [-0.2, 0) is 31.4 Å². The van der Waals surface area contributed by atoms with E-state index in [1.54, 1.807) is 48.5 Å². The van der Waals surface area contributed by atoms with Crippen molar-refractivity contribution in [2.75, 3.05) is 6.61 Å². The first-order valence-electron chi connectivity index (χ1n) is 8.55. The van der Waals surface area contributed by atoms with Gasteiger partial charge in [-0.1, -0.05) is 66.6 Å². The average molecular weight is 406 g/mol. The molecule has 2 aromatic carbocycles. The van der Waals surface area contributed by atoms with Gasteiger partial charge in [0.25, 0.3) is 0 Å². The minimum atomic E-state index is -4.09. The van der Waals surface area contributed by atoms with Crippen LogP contribution in [0.15, 0.2) is 60.7 Å². The second kappa shape index (κ2) is 11.1. The first kappa shape index (κ1) is 22.3. The first-order valence-corrected chi connectivity index (χ1v) is 10.0. The highest BCUT2D eigenvalue weighted by molar-refractivity contribution is 7.48. The zero-order chi connectivity index (χ0) is 20.4. The molecule has 2 rings (SSSR count). The third-order valence-electron chi connectivity index (χ3n) is 3.76. The van der Waals surface area contributed by atoms with E-state index >= 15 is 0 Å². The number of phosphoric ester groups is 1. The zero-order valence-electron chi connectivity index (χ0n) is 15.1. The third-order valence-corrected chi connectivity index (χ3v) is 5.11. The van der Waals surface area contributed by atoms with Crippen LogP contribution >= 0.6 is 7.82 Å². The second-order valence-electron chi connectivity index (χ2n) is 5.93. The minimum absolute atomic E-state index is 0.0431. The van der Waals surface area contributed by atoms with E-state index < -0.39 is 32.7 Å². The molecule has 3 N–H and O–H groups in total. The molecule has 3 atom stereocenters. The van der Waals surface area contributed by atoms with E-state index in [0.29, 0.717) is 0 Å². The van der Waals surface area contributed by atoms with Gasteiger partial charge < -0.3 is 15.3 Å². The highest BCUT2D eigenvalue weighted by atomic mass is 31.2. The smallest absolute Gasteiger partial charge is 0.388 e. The van der Waals surface area contributed by atoms with Crippen molar-refractivity contribution in [2.24, 2.45) is 0 Å². The van der Waals surface area contributed by atoms with Crippen LogP contribution in [0.2, 0.25) is 0 Å². The predicted octanol–water partition coefficient (Wildman–Crippen LogP) is 2.26. The van der Waals surface area contributed by atoms with Gasteiger partial charge in [-0.2, -0.15) is 0 Å². The maximum atomic E-state index is 13.0. The van der Waals surface area contributed by atoms with Crippen molar-refractivity contribution in [1.29, 1.82) is 0 Å². The van der Waals surface area contributed by atoms with Crippen LogP contribution < -0.4 is 0 Å². The number of terminal acetylenes is 1. The molecule has 0 aromatic heterocycles. The molecule has 0 radical (unpaired) electrons. The molecule has 0 bridgehead atoms. The van der Waals surface area contributed by atoms with E-state index in [0.717, 1.165) is 11.1 Å². The molecular weight excluding hydrogens is 383 g/mol. The Morgan fingerprint density at radius 3 is 1.75 bits per heavy atom. The van der Waals surface area contributed by atoms with Crippen molar-refractivity contribution in [1.82, 2.24) is 0 Å². The van der Waals surface area contributed by atoms with Gasteiger partial charge in [-0.15, -0.1) is 6.42 Å². The lowest BCUT2D eigenvalue weighted by atomic mass is 10.1. The summed E-state index contributed by atoms with van der Waals surface area (Å²) in [6, 6.07) is 18.0. The number of phosphoric acid groups is 1. The van der Waals surface area contributed by atoms with Crippen molar-refractivity contribution < 1.29 is 33.5 Å². The highest BCUT2D eigenvalue weighted by Gasteiger charge is 2.31. The van der Waals surface area contributed by atoms with Crippen LogP contribution in [0.5, 0.6) is 0 Å². The predicted molar refractivity (Wildman–Crippen MR) is 103 cm³/mol. The molecule has 0 aliphatic rings. The molecule has 0 aliphatic heterocycles. The Labute approximate surface area is 164 Å². The normalized spacial score (nSPS) is 14.8. The molecule has 0 saturated carbocycles. The molecule has 0 fully saturated rings. The second-order valence-corrected chi connectivity index (χ2v) is 7.60. The summed E-state index contributed by atoms with van der Waals surface area (Å²) in [5.41, 5.74) is 1.50. The van der Waals surface area contributed by atoms with Gasteiger partial charge in [0.2, 0.25) is 0 Å². The maximum absolute atomic E-state index is 13.0. The van der Waals surface area contributed by atoms with Crippen LogP contribution in [0.3, 0.4) is 0 Å². The fourth-order valence-electron chi connectivity index (χ4n) is 2.14. The summed E-state index contributed by atoms with van der Waals surface area (Å²) in [6.45, 7) is -0.697. The average Bonchev–Trinajstić information content (AvgIpc) is 2.75. The number of hydrogen-bond donors (Lipinski definition) is 3. The SMILES string of the molecule is C#C[C@@H](O)[C@H](O)[C@H](O)COP(=O)(OCc1ccccc1)OCc1ccccc1. The number of aliphatic hydroxyl groups is 3. The van der Waals surface area contributed by atoms with E-state index in [4.69, 9.17) is 20.0 Å². The van der Waals surface area contributed by atoms with Crippen molar-refractivity contribution >= 4 is 7.82 Å². The van der Waals surface area contributed by atoms with E-state index in [9.17, 15) is 19.9 Å². The Bertz CT molecular complexity index is 744. The molecule has 0 spiro atoms. The third kappa shape index (κ3) is 7.19. The Hall–Kier alpha value is -2.01. The number of hydrogen-bond acceptors (Lipinski definition) is 7. The molecule has 7 nitrogen and oxygen atoms in total. The molecule has 150 valence electrons. The fraction of sp³-hybridized carbons (Fsp3) is 0.300. The topological polar surface area (TPSA) is 105 Å². The zero-order valence-corrected chi connectivity index (χ0v) is 16.0. The molecule has 0 unspecified atom stereocenters. The van der Waals surface area contributed by atoms with E-state index in [1.807, 2.05) is 18.1 Å². The molecule has 0 aliphatic carbocycles. The van der Waals surface area contributed by atoms with Crippen LogP contribution in [-0.4, -0.2) is 40.2 Å². The number of rotatable bonds is 11. The van der Waals surface area contributed by atoms with Crippen LogP contribution in [0.4, 0.5) is 0 Å². The Morgan fingerprint density at radius 1 is 0.857 bits per heavy atom. The Balaban J connectivity index is 2.02. The fourth-order valence-corrected chi connectivity index (χ4v) is 3.32. The molecule has 2 aromatic rings. The monoisotopic (exact) mass is 406 g/mol. The highest BCUT2D eigenvalue weighted by Crippen LogP contribution is 2.51. The van der Waals surface area contributed by atoms with Crippen molar-refractivity contribution in [3.63, 3.8) is 0 Å². The van der Waals surface area contributed by atoms with Gasteiger partial charge >= 0.3 is 7.82 Å². The lowest BCUT2D eigenvalue weighted by Crippen LogP contribution is -2.39. The van der Waals surface area contributed by atoms with Gasteiger partial charge in [0.15, 0.2) is 0 Å². The molecule has 0 saturated heterocycles. The largest absolute Gasteiger partial charge is 0.475 e. The number of benzene rings is 2. The van der Waals surface area contributed by atoms with E-state index in [-0.39, 0.29) is 13.2 Å². The minimum Gasteiger partial charge on any atom is -0.388 e. The Kier molecular flexibility index (Phi) is 8.84. The van der Waals surface area contributed by atoms with Crippen LogP contribution in [0, 0.1) is 12.3 Å². The Morgan fingerprint density at radius 2 is 1.32 bits per heavy atom. The van der Waals surface area contributed by atoms with Crippen molar-refractivity contribution in [3.8, 4) is 12.3 Å². The summed E-state index contributed by atoms with van der Waals surface area (Å²) in [4.78, 5) is 0.